The van der Waals surface area contributed by atoms with Crippen LogP contribution in [-0.4, -0.2) is 19.7 Å². The molecule has 2 heterocycles. The lowest BCUT2D eigenvalue weighted by Crippen LogP contribution is -2.16. The van der Waals surface area contributed by atoms with Gasteiger partial charge < -0.3 is 5.43 Å². The largest absolute Gasteiger partial charge is 0.308 e. The van der Waals surface area contributed by atoms with Crippen molar-refractivity contribution >= 4 is 5.82 Å². The lowest BCUT2D eigenvalue weighted by atomic mass is 10.2. The van der Waals surface area contributed by atoms with Crippen LogP contribution in [0.3, 0.4) is 0 Å². The Morgan fingerprint density at radius 1 is 1.11 bits per heavy atom. The van der Waals surface area contributed by atoms with Gasteiger partial charge in [-0.05, 0) is 33.3 Å². The Balaban J connectivity index is 2.70. The zero-order valence-corrected chi connectivity index (χ0v) is 12.1. The molecule has 2 aromatic heterocycles. The van der Waals surface area contributed by atoms with E-state index in [-0.39, 0.29) is 0 Å². The number of aryl methyl sites for hydroxylation is 2. The van der Waals surface area contributed by atoms with Crippen molar-refractivity contribution in [2.45, 2.75) is 41.0 Å². The van der Waals surface area contributed by atoms with Crippen LogP contribution in [0.5, 0.6) is 0 Å². The fourth-order valence-corrected chi connectivity index (χ4v) is 1.98. The number of anilines is 1. The molecule has 0 aliphatic heterocycles. The normalized spacial score (nSPS) is 10.8. The van der Waals surface area contributed by atoms with Crippen molar-refractivity contribution in [3.8, 4) is 5.82 Å². The zero-order chi connectivity index (χ0) is 14.2. The van der Waals surface area contributed by atoms with Crippen LogP contribution in [-0.2, 0) is 6.42 Å². The first kappa shape index (κ1) is 13.5. The summed E-state index contributed by atoms with van der Waals surface area (Å²) in [5.74, 6) is 7.70. The van der Waals surface area contributed by atoms with Crippen LogP contribution >= 0.6 is 0 Å². The SMILES string of the molecule is CCc1nc(NN)c(C)c(-n2nc(C)c(C)c2C)n1. The zero-order valence-electron chi connectivity index (χ0n) is 12.1. The van der Waals surface area contributed by atoms with E-state index in [1.807, 2.05) is 32.4 Å². The van der Waals surface area contributed by atoms with E-state index >= 15 is 0 Å². The topological polar surface area (TPSA) is 81.6 Å². The van der Waals surface area contributed by atoms with Gasteiger partial charge in [-0.2, -0.15) is 5.10 Å². The van der Waals surface area contributed by atoms with Crippen LogP contribution < -0.4 is 11.3 Å². The van der Waals surface area contributed by atoms with Crippen molar-refractivity contribution in [3.05, 3.63) is 28.3 Å². The highest BCUT2D eigenvalue weighted by Crippen LogP contribution is 2.22. The predicted octanol–water partition coefficient (Wildman–Crippen LogP) is 1.74. The van der Waals surface area contributed by atoms with Gasteiger partial charge in [-0.25, -0.2) is 20.5 Å². The molecule has 0 amide bonds. The van der Waals surface area contributed by atoms with Gasteiger partial charge >= 0.3 is 0 Å². The summed E-state index contributed by atoms with van der Waals surface area (Å²) in [5.41, 5.74) is 6.80. The summed E-state index contributed by atoms with van der Waals surface area (Å²) >= 11 is 0. The Morgan fingerprint density at radius 3 is 2.26 bits per heavy atom. The molecule has 6 nitrogen and oxygen atoms in total. The fraction of sp³-hybridized carbons (Fsp3) is 0.462. The van der Waals surface area contributed by atoms with E-state index in [1.165, 1.54) is 5.56 Å². The van der Waals surface area contributed by atoms with E-state index in [0.717, 1.165) is 35.0 Å². The maximum Gasteiger partial charge on any atom is 0.162 e. The summed E-state index contributed by atoms with van der Waals surface area (Å²) < 4.78 is 1.86. The molecule has 0 aliphatic carbocycles. The van der Waals surface area contributed by atoms with Crippen LogP contribution in [0, 0.1) is 27.7 Å². The molecular formula is C13H20N6. The molecule has 0 aromatic carbocycles. The Hall–Kier alpha value is -1.95. The Labute approximate surface area is 113 Å². The van der Waals surface area contributed by atoms with E-state index in [9.17, 15) is 0 Å². The first-order valence-electron chi connectivity index (χ1n) is 6.36. The molecule has 2 rings (SSSR count). The molecule has 102 valence electrons. The van der Waals surface area contributed by atoms with Crippen LogP contribution in [0.4, 0.5) is 5.82 Å². The summed E-state index contributed by atoms with van der Waals surface area (Å²) in [4.78, 5) is 8.94. The standard InChI is InChI=1S/C13H20N6/c1-6-11-15-12(17-14)8(3)13(16-11)19-10(5)7(2)9(4)18-19/h6,14H2,1-5H3,(H,15,16,17). The molecule has 0 spiro atoms. The van der Waals surface area contributed by atoms with Gasteiger partial charge in [0.05, 0.1) is 5.69 Å². The number of hydrogen-bond donors (Lipinski definition) is 2. The third-order valence-corrected chi connectivity index (χ3v) is 3.47. The second kappa shape index (κ2) is 4.97. The smallest absolute Gasteiger partial charge is 0.162 e. The average molecular weight is 260 g/mol. The van der Waals surface area contributed by atoms with Gasteiger partial charge in [0.25, 0.3) is 0 Å². The lowest BCUT2D eigenvalue weighted by Gasteiger charge is -2.12. The van der Waals surface area contributed by atoms with E-state index < -0.39 is 0 Å². The molecule has 0 atom stereocenters. The van der Waals surface area contributed by atoms with Crippen molar-refractivity contribution < 1.29 is 0 Å². The van der Waals surface area contributed by atoms with Crippen molar-refractivity contribution in [2.24, 2.45) is 5.84 Å². The highest BCUT2D eigenvalue weighted by atomic mass is 15.3. The summed E-state index contributed by atoms with van der Waals surface area (Å²) in [6, 6.07) is 0. The van der Waals surface area contributed by atoms with Gasteiger partial charge in [0.1, 0.15) is 11.6 Å². The monoisotopic (exact) mass is 260 g/mol. The fourth-order valence-electron chi connectivity index (χ4n) is 1.98. The van der Waals surface area contributed by atoms with Gasteiger partial charge in [0, 0.05) is 17.7 Å². The number of rotatable bonds is 3. The van der Waals surface area contributed by atoms with Gasteiger partial charge in [-0.15, -0.1) is 0 Å². The Kier molecular flexibility index (Phi) is 3.53. The van der Waals surface area contributed by atoms with Gasteiger partial charge in [0.2, 0.25) is 0 Å². The second-order valence-corrected chi connectivity index (χ2v) is 4.64. The van der Waals surface area contributed by atoms with Gasteiger partial charge in [-0.1, -0.05) is 6.92 Å². The summed E-state index contributed by atoms with van der Waals surface area (Å²) in [7, 11) is 0. The van der Waals surface area contributed by atoms with Gasteiger partial charge in [0.15, 0.2) is 5.82 Å². The first-order valence-corrected chi connectivity index (χ1v) is 6.36. The third kappa shape index (κ3) is 2.19. The van der Waals surface area contributed by atoms with Crippen molar-refractivity contribution in [3.63, 3.8) is 0 Å². The summed E-state index contributed by atoms with van der Waals surface area (Å²) in [6.45, 7) is 10.1. The minimum absolute atomic E-state index is 0.645. The van der Waals surface area contributed by atoms with Crippen LogP contribution in [0.2, 0.25) is 0 Å². The van der Waals surface area contributed by atoms with E-state index in [0.29, 0.717) is 5.82 Å². The molecule has 0 fully saturated rings. The Morgan fingerprint density at radius 2 is 1.79 bits per heavy atom. The molecule has 2 aromatic rings. The summed E-state index contributed by atoms with van der Waals surface area (Å²) in [6.07, 6.45) is 0.750. The number of nitrogens with two attached hydrogens (primary N) is 1. The van der Waals surface area contributed by atoms with E-state index in [2.05, 4.69) is 27.4 Å². The maximum atomic E-state index is 5.52. The van der Waals surface area contributed by atoms with Crippen molar-refractivity contribution in [1.29, 1.82) is 0 Å². The molecule has 19 heavy (non-hydrogen) atoms. The molecule has 0 saturated heterocycles. The molecule has 0 bridgehead atoms. The van der Waals surface area contributed by atoms with E-state index in [4.69, 9.17) is 5.84 Å². The number of nitrogens with zero attached hydrogens (tertiary/aromatic N) is 4. The van der Waals surface area contributed by atoms with Crippen molar-refractivity contribution in [1.82, 2.24) is 19.7 Å². The third-order valence-electron chi connectivity index (χ3n) is 3.47. The molecule has 0 unspecified atom stereocenters. The molecule has 3 N–H and O–H groups in total. The minimum Gasteiger partial charge on any atom is -0.308 e. The minimum atomic E-state index is 0.645. The van der Waals surface area contributed by atoms with Crippen LogP contribution in [0.15, 0.2) is 0 Å². The van der Waals surface area contributed by atoms with Crippen molar-refractivity contribution in [2.75, 3.05) is 5.43 Å². The molecule has 0 aliphatic rings. The quantitative estimate of drug-likeness (QED) is 0.649. The second-order valence-electron chi connectivity index (χ2n) is 4.64. The molecule has 0 radical (unpaired) electrons. The Bertz CT molecular complexity index is 614. The predicted molar refractivity (Wildman–Crippen MR) is 75.3 cm³/mol. The van der Waals surface area contributed by atoms with Gasteiger partial charge in [-0.3, -0.25) is 0 Å². The van der Waals surface area contributed by atoms with Crippen LogP contribution in [0.25, 0.3) is 5.82 Å². The maximum absolute atomic E-state index is 5.52. The number of hydrazine groups is 1. The molecular weight excluding hydrogens is 240 g/mol. The number of nitrogens with one attached hydrogen (secondary N) is 1. The highest BCUT2D eigenvalue weighted by Gasteiger charge is 2.16. The number of nitrogen functional groups attached to an aromatic ring is 1. The van der Waals surface area contributed by atoms with E-state index in [1.54, 1.807) is 0 Å². The highest BCUT2D eigenvalue weighted by molar-refractivity contribution is 5.51. The lowest BCUT2D eigenvalue weighted by molar-refractivity contribution is 0.774. The summed E-state index contributed by atoms with van der Waals surface area (Å²) in [5, 5.41) is 4.55. The average Bonchev–Trinajstić information content (AvgIpc) is 2.67. The number of aromatic nitrogens is 4. The molecule has 6 heteroatoms. The van der Waals surface area contributed by atoms with Crippen LogP contribution in [0.1, 0.15) is 35.3 Å². The molecule has 0 saturated carbocycles. The number of hydrogen-bond acceptors (Lipinski definition) is 5. The first-order chi connectivity index (χ1) is 8.99.